The highest BCUT2D eigenvalue weighted by Gasteiger charge is 2.00. The van der Waals surface area contributed by atoms with Gasteiger partial charge in [0, 0.05) is 26.1 Å². The highest BCUT2D eigenvalue weighted by atomic mass is 16.5. The van der Waals surface area contributed by atoms with Crippen molar-refractivity contribution in [3.63, 3.8) is 0 Å². The van der Waals surface area contributed by atoms with Gasteiger partial charge in [-0.25, -0.2) is 4.79 Å². The van der Waals surface area contributed by atoms with E-state index in [-0.39, 0.29) is 12.5 Å². The molecular formula is C12H24N2O4. The maximum atomic E-state index is 11.2. The van der Waals surface area contributed by atoms with E-state index in [0.717, 1.165) is 0 Å². The minimum absolute atomic E-state index is 0.145. The predicted octanol–water partition coefficient (Wildman–Crippen LogP) is 1.21. The van der Waals surface area contributed by atoms with Crippen molar-refractivity contribution in [1.29, 1.82) is 0 Å². The Bertz CT molecular complexity index is 244. The summed E-state index contributed by atoms with van der Waals surface area (Å²) in [5.74, 6) is -0.310. The Hall–Kier alpha value is -1.30. The Morgan fingerprint density at radius 1 is 1.17 bits per heavy atom. The summed E-state index contributed by atoms with van der Waals surface area (Å²) in [6, 6.07) is -0.238. The van der Waals surface area contributed by atoms with Crippen molar-refractivity contribution < 1.29 is 19.4 Å². The lowest BCUT2D eigenvalue weighted by molar-refractivity contribution is -0.137. The van der Waals surface area contributed by atoms with Crippen LogP contribution in [0.2, 0.25) is 0 Å². The highest BCUT2D eigenvalue weighted by molar-refractivity contribution is 5.73. The molecule has 0 heterocycles. The molecule has 0 aliphatic carbocycles. The molecule has 6 nitrogen and oxygen atoms in total. The summed E-state index contributed by atoms with van der Waals surface area (Å²) < 4.78 is 5.31. The number of carbonyl (C=O) groups excluding carboxylic acids is 1. The second-order valence-corrected chi connectivity index (χ2v) is 4.50. The number of amides is 2. The summed E-state index contributed by atoms with van der Waals surface area (Å²) in [5, 5.41) is 13.7. The van der Waals surface area contributed by atoms with Gasteiger partial charge >= 0.3 is 12.0 Å². The van der Waals surface area contributed by atoms with Gasteiger partial charge in [-0.05, 0) is 18.8 Å². The second-order valence-electron chi connectivity index (χ2n) is 4.50. The minimum Gasteiger partial charge on any atom is -0.481 e. The molecule has 2 amide bonds. The molecule has 0 spiro atoms. The Kier molecular flexibility index (Phi) is 10.0. The molecule has 6 heteroatoms. The number of unbranched alkanes of at least 4 members (excludes halogenated alkanes) is 1. The molecule has 0 bridgehead atoms. The average molecular weight is 260 g/mol. The Morgan fingerprint density at radius 2 is 1.83 bits per heavy atom. The van der Waals surface area contributed by atoms with Crippen LogP contribution in [0.25, 0.3) is 0 Å². The number of hydrogen-bond acceptors (Lipinski definition) is 3. The Morgan fingerprint density at radius 3 is 2.44 bits per heavy atom. The molecule has 3 N–H and O–H groups in total. The zero-order valence-electron chi connectivity index (χ0n) is 11.2. The Balaban J connectivity index is 3.25. The SMILES string of the molecule is CC(C)COCCNC(=O)NCCCCC(=O)O. The second kappa shape index (κ2) is 10.8. The fourth-order valence-electron chi connectivity index (χ4n) is 1.22. The normalized spacial score (nSPS) is 10.4. The number of hydrogen-bond donors (Lipinski definition) is 3. The van der Waals surface area contributed by atoms with E-state index in [9.17, 15) is 9.59 Å². The van der Waals surface area contributed by atoms with Crippen molar-refractivity contribution in [3.05, 3.63) is 0 Å². The molecule has 18 heavy (non-hydrogen) atoms. The van der Waals surface area contributed by atoms with Crippen LogP contribution in [0.1, 0.15) is 33.1 Å². The van der Waals surface area contributed by atoms with Crippen LogP contribution in [0.3, 0.4) is 0 Å². The van der Waals surface area contributed by atoms with Crippen molar-refractivity contribution in [2.24, 2.45) is 5.92 Å². The molecule has 0 saturated carbocycles. The largest absolute Gasteiger partial charge is 0.481 e. The van der Waals surface area contributed by atoms with E-state index < -0.39 is 5.97 Å². The molecule has 0 aliphatic heterocycles. The number of carboxylic acid groups (broad SMARTS) is 1. The van der Waals surface area contributed by atoms with Gasteiger partial charge < -0.3 is 20.5 Å². The number of carboxylic acids is 1. The molecule has 0 aromatic heterocycles. The average Bonchev–Trinajstić information content (AvgIpc) is 2.27. The summed E-state index contributed by atoms with van der Waals surface area (Å²) in [5.41, 5.74) is 0. The summed E-state index contributed by atoms with van der Waals surface area (Å²) in [7, 11) is 0. The molecule has 0 saturated heterocycles. The molecule has 0 rings (SSSR count). The lowest BCUT2D eigenvalue weighted by Gasteiger charge is -2.09. The van der Waals surface area contributed by atoms with E-state index in [2.05, 4.69) is 24.5 Å². The van der Waals surface area contributed by atoms with E-state index in [4.69, 9.17) is 9.84 Å². The van der Waals surface area contributed by atoms with Crippen LogP contribution in [-0.2, 0) is 9.53 Å². The van der Waals surface area contributed by atoms with Gasteiger partial charge in [0.15, 0.2) is 0 Å². The van der Waals surface area contributed by atoms with Crippen LogP contribution in [0, 0.1) is 5.92 Å². The number of ether oxygens (including phenoxy) is 1. The van der Waals surface area contributed by atoms with Crippen LogP contribution in [0.5, 0.6) is 0 Å². The fraction of sp³-hybridized carbons (Fsp3) is 0.833. The first kappa shape index (κ1) is 16.7. The van der Waals surface area contributed by atoms with Crippen LogP contribution < -0.4 is 10.6 Å². The van der Waals surface area contributed by atoms with Crippen LogP contribution in [0.4, 0.5) is 4.79 Å². The molecule has 0 atom stereocenters. The molecular weight excluding hydrogens is 236 g/mol. The number of aliphatic carboxylic acids is 1. The molecule has 0 aliphatic rings. The van der Waals surface area contributed by atoms with Crippen molar-refractivity contribution in [3.8, 4) is 0 Å². The van der Waals surface area contributed by atoms with Crippen molar-refractivity contribution in [2.45, 2.75) is 33.1 Å². The Labute approximate surface area is 108 Å². The third-order valence-electron chi connectivity index (χ3n) is 2.09. The van der Waals surface area contributed by atoms with Crippen LogP contribution in [-0.4, -0.2) is 43.4 Å². The number of rotatable bonds is 10. The summed E-state index contributed by atoms with van der Waals surface area (Å²) in [6.45, 7) is 6.30. The zero-order chi connectivity index (χ0) is 13.8. The molecule has 0 unspecified atom stereocenters. The van der Waals surface area contributed by atoms with Gasteiger partial charge in [-0.1, -0.05) is 13.8 Å². The van der Waals surface area contributed by atoms with Gasteiger partial charge in [-0.15, -0.1) is 0 Å². The van der Waals surface area contributed by atoms with Crippen LogP contribution >= 0.6 is 0 Å². The number of carbonyl (C=O) groups is 2. The number of nitrogens with one attached hydrogen (secondary N) is 2. The first-order valence-corrected chi connectivity index (χ1v) is 6.33. The lowest BCUT2D eigenvalue weighted by Crippen LogP contribution is -2.37. The maximum Gasteiger partial charge on any atom is 0.314 e. The minimum atomic E-state index is -0.804. The van der Waals surface area contributed by atoms with E-state index in [1.807, 2.05) is 0 Å². The zero-order valence-corrected chi connectivity index (χ0v) is 11.2. The molecule has 106 valence electrons. The van der Waals surface area contributed by atoms with E-state index in [1.54, 1.807) is 0 Å². The van der Waals surface area contributed by atoms with Crippen LogP contribution in [0.15, 0.2) is 0 Å². The van der Waals surface area contributed by atoms with E-state index >= 15 is 0 Å². The molecule has 0 radical (unpaired) electrons. The summed E-state index contributed by atoms with van der Waals surface area (Å²) in [6.07, 6.45) is 1.39. The number of urea groups is 1. The molecule has 0 aromatic rings. The lowest BCUT2D eigenvalue weighted by atomic mass is 10.2. The van der Waals surface area contributed by atoms with Crippen molar-refractivity contribution in [2.75, 3.05) is 26.3 Å². The molecule has 0 aromatic carbocycles. The van der Waals surface area contributed by atoms with E-state index in [0.29, 0.717) is 45.1 Å². The fourth-order valence-corrected chi connectivity index (χ4v) is 1.22. The third kappa shape index (κ3) is 12.8. The predicted molar refractivity (Wildman–Crippen MR) is 68.5 cm³/mol. The molecule has 0 fully saturated rings. The van der Waals surface area contributed by atoms with Crippen molar-refractivity contribution in [1.82, 2.24) is 10.6 Å². The van der Waals surface area contributed by atoms with Gasteiger partial charge in [-0.3, -0.25) is 4.79 Å². The van der Waals surface area contributed by atoms with Crippen molar-refractivity contribution >= 4 is 12.0 Å². The quantitative estimate of drug-likeness (QED) is 0.515. The smallest absolute Gasteiger partial charge is 0.314 e. The van der Waals surface area contributed by atoms with Gasteiger partial charge in [0.1, 0.15) is 0 Å². The van der Waals surface area contributed by atoms with Gasteiger partial charge in [0.25, 0.3) is 0 Å². The van der Waals surface area contributed by atoms with Gasteiger partial charge in [0.2, 0.25) is 0 Å². The monoisotopic (exact) mass is 260 g/mol. The topological polar surface area (TPSA) is 87.7 Å². The van der Waals surface area contributed by atoms with E-state index in [1.165, 1.54) is 0 Å². The summed E-state index contributed by atoms with van der Waals surface area (Å²) in [4.78, 5) is 21.5. The first-order valence-electron chi connectivity index (χ1n) is 6.33. The summed E-state index contributed by atoms with van der Waals surface area (Å²) >= 11 is 0. The van der Waals surface area contributed by atoms with Gasteiger partial charge in [0.05, 0.1) is 6.61 Å². The first-order chi connectivity index (χ1) is 8.52. The van der Waals surface area contributed by atoms with Gasteiger partial charge in [-0.2, -0.15) is 0 Å². The third-order valence-corrected chi connectivity index (χ3v) is 2.09. The highest BCUT2D eigenvalue weighted by Crippen LogP contribution is 1.93. The standard InChI is InChI=1S/C12H24N2O4/c1-10(2)9-18-8-7-14-12(17)13-6-4-3-5-11(15)16/h10H,3-9H2,1-2H3,(H,15,16)(H2,13,14,17). The maximum absolute atomic E-state index is 11.2.